The van der Waals surface area contributed by atoms with Crippen LogP contribution in [-0.4, -0.2) is 25.6 Å². The third-order valence-electron chi connectivity index (χ3n) is 3.39. The van der Waals surface area contributed by atoms with E-state index in [1.54, 1.807) is 24.5 Å². The first-order valence-electron chi connectivity index (χ1n) is 7.42. The Bertz CT molecular complexity index is 808. The maximum absolute atomic E-state index is 13.2. The van der Waals surface area contributed by atoms with Crippen LogP contribution in [0.5, 0.6) is 0 Å². The number of nitrogens with one attached hydrogen (secondary N) is 1. The average Bonchev–Trinajstić information content (AvgIpc) is 2.94. The first kappa shape index (κ1) is 15.1. The number of hydrogen-bond donors (Lipinski definition) is 1. The van der Waals surface area contributed by atoms with Crippen LogP contribution in [0.1, 0.15) is 13.8 Å². The Hall–Kier alpha value is -2.76. The molecule has 1 N–H and O–H groups in total. The molecule has 118 valence electrons. The minimum Gasteiger partial charge on any atom is -0.352 e. The van der Waals surface area contributed by atoms with Gasteiger partial charge in [0, 0.05) is 37.2 Å². The van der Waals surface area contributed by atoms with Crippen LogP contribution < -0.4 is 5.32 Å². The lowest BCUT2D eigenvalue weighted by molar-refractivity contribution is 0.628. The summed E-state index contributed by atoms with van der Waals surface area (Å²) in [6.45, 7) is 4.05. The predicted octanol–water partition coefficient (Wildman–Crippen LogP) is 3.50. The molecular weight excluding hydrogens is 293 g/mol. The summed E-state index contributed by atoms with van der Waals surface area (Å²) in [6.07, 6.45) is 5.33. The van der Waals surface area contributed by atoms with Crippen LogP contribution in [0, 0.1) is 5.82 Å². The summed E-state index contributed by atoms with van der Waals surface area (Å²) in [6, 6.07) is 6.52. The number of nitrogens with zero attached hydrogens (tertiary/aromatic N) is 4. The molecule has 0 fully saturated rings. The van der Waals surface area contributed by atoms with Crippen molar-refractivity contribution in [2.24, 2.45) is 7.05 Å². The molecule has 0 unspecified atom stereocenters. The second-order valence-electron chi connectivity index (χ2n) is 5.62. The monoisotopic (exact) mass is 311 g/mol. The Morgan fingerprint density at radius 3 is 2.48 bits per heavy atom. The van der Waals surface area contributed by atoms with Crippen molar-refractivity contribution in [3.63, 3.8) is 0 Å². The van der Waals surface area contributed by atoms with Gasteiger partial charge in [0.2, 0.25) is 5.95 Å². The van der Waals surface area contributed by atoms with E-state index >= 15 is 0 Å². The fraction of sp³-hybridized carbons (Fsp3) is 0.235. The molecular formula is C17H18FN5. The molecule has 3 aromatic rings. The summed E-state index contributed by atoms with van der Waals surface area (Å²) in [7, 11) is 1.91. The Morgan fingerprint density at radius 2 is 1.87 bits per heavy atom. The van der Waals surface area contributed by atoms with E-state index in [4.69, 9.17) is 0 Å². The van der Waals surface area contributed by atoms with Crippen LogP contribution in [0.2, 0.25) is 0 Å². The first-order valence-corrected chi connectivity index (χ1v) is 7.42. The van der Waals surface area contributed by atoms with Crippen molar-refractivity contribution in [2.45, 2.75) is 19.9 Å². The van der Waals surface area contributed by atoms with E-state index in [2.05, 4.69) is 20.3 Å². The highest BCUT2D eigenvalue weighted by molar-refractivity contribution is 5.78. The van der Waals surface area contributed by atoms with Gasteiger partial charge in [-0.1, -0.05) is 12.1 Å². The molecule has 6 heteroatoms. The molecule has 0 aliphatic heterocycles. The molecule has 23 heavy (non-hydrogen) atoms. The fourth-order valence-corrected chi connectivity index (χ4v) is 2.31. The van der Waals surface area contributed by atoms with Crippen molar-refractivity contribution in [1.82, 2.24) is 19.5 Å². The Balaban J connectivity index is 2.15. The lowest BCUT2D eigenvalue weighted by Gasteiger charge is -2.13. The molecule has 0 saturated heterocycles. The van der Waals surface area contributed by atoms with E-state index in [-0.39, 0.29) is 11.9 Å². The number of rotatable bonds is 4. The van der Waals surface area contributed by atoms with Crippen LogP contribution >= 0.6 is 0 Å². The smallest absolute Gasteiger partial charge is 0.223 e. The molecule has 0 aliphatic rings. The molecule has 0 radical (unpaired) electrons. The minimum atomic E-state index is -0.272. The summed E-state index contributed by atoms with van der Waals surface area (Å²) in [5, 5.41) is 3.20. The van der Waals surface area contributed by atoms with Crippen LogP contribution in [0.3, 0.4) is 0 Å². The van der Waals surface area contributed by atoms with E-state index < -0.39 is 0 Å². The van der Waals surface area contributed by atoms with Gasteiger partial charge in [-0.25, -0.2) is 19.3 Å². The van der Waals surface area contributed by atoms with E-state index in [1.807, 2.05) is 31.7 Å². The van der Waals surface area contributed by atoms with Crippen LogP contribution in [0.25, 0.3) is 22.6 Å². The average molecular weight is 311 g/mol. The predicted molar refractivity (Wildman–Crippen MR) is 88.4 cm³/mol. The maximum Gasteiger partial charge on any atom is 0.223 e. The zero-order valence-corrected chi connectivity index (χ0v) is 13.3. The summed E-state index contributed by atoms with van der Waals surface area (Å²) in [5.41, 5.74) is 2.37. The lowest BCUT2D eigenvalue weighted by Crippen LogP contribution is -2.13. The fourth-order valence-electron chi connectivity index (χ4n) is 2.31. The number of imidazole rings is 1. The lowest BCUT2D eigenvalue weighted by atomic mass is 10.1. The Morgan fingerprint density at radius 1 is 1.13 bits per heavy atom. The molecule has 0 bridgehead atoms. The second kappa shape index (κ2) is 6.16. The molecule has 3 rings (SSSR count). The van der Waals surface area contributed by atoms with Crippen LogP contribution in [0.4, 0.5) is 10.3 Å². The highest BCUT2D eigenvalue weighted by atomic mass is 19.1. The standard InChI is InChI=1S/C17H18FN5/c1-11(2)21-17-20-10-14(12-4-6-13(18)7-5-12)15(22-17)16-19-8-9-23(16)3/h4-11H,1-3H3,(H,20,21,22). The van der Waals surface area contributed by atoms with Crippen molar-refractivity contribution < 1.29 is 4.39 Å². The van der Waals surface area contributed by atoms with Crippen molar-refractivity contribution in [3.8, 4) is 22.6 Å². The molecule has 1 aromatic carbocycles. The number of aromatic nitrogens is 4. The van der Waals surface area contributed by atoms with Gasteiger partial charge in [0.1, 0.15) is 11.5 Å². The van der Waals surface area contributed by atoms with Gasteiger partial charge in [0.15, 0.2) is 5.82 Å². The molecule has 2 aromatic heterocycles. The SMILES string of the molecule is CC(C)Nc1ncc(-c2ccc(F)cc2)c(-c2nccn2C)n1. The van der Waals surface area contributed by atoms with Gasteiger partial charge in [-0.2, -0.15) is 0 Å². The third-order valence-corrected chi connectivity index (χ3v) is 3.39. The van der Waals surface area contributed by atoms with E-state index in [0.29, 0.717) is 11.6 Å². The number of aryl methyl sites for hydroxylation is 1. The molecule has 0 spiro atoms. The van der Waals surface area contributed by atoms with Gasteiger partial charge in [-0.3, -0.25) is 0 Å². The Labute approximate surface area is 134 Å². The normalized spacial score (nSPS) is 11.0. The van der Waals surface area contributed by atoms with Gasteiger partial charge in [0.05, 0.1) is 0 Å². The van der Waals surface area contributed by atoms with Gasteiger partial charge >= 0.3 is 0 Å². The van der Waals surface area contributed by atoms with Crippen molar-refractivity contribution in [3.05, 3.63) is 48.7 Å². The molecule has 0 atom stereocenters. The molecule has 0 aliphatic carbocycles. The van der Waals surface area contributed by atoms with Gasteiger partial charge in [0.25, 0.3) is 0 Å². The topological polar surface area (TPSA) is 55.6 Å². The molecule has 0 saturated carbocycles. The maximum atomic E-state index is 13.2. The summed E-state index contributed by atoms with van der Waals surface area (Å²) < 4.78 is 15.1. The van der Waals surface area contributed by atoms with Gasteiger partial charge in [-0.05, 0) is 31.5 Å². The van der Waals surface area contributed by atoms with E-state index in [9.17, 15) is 4.39 Å². The van der Waals surface area contributed by atoms with Crippen molar-refractivity contribution >= 4 is 5.95 Å². The minimum absolute atomic E-state index is 0.223. The van der Waals surface area contributed by atoms with Gasteiger partial charge < -0.3 is 9.88 Å². The third kappa shape index (κ3) is 3.21. The Kier molecular flexibility index (Phi) is 4.06. The van der Waals surface area contributed by atoms with Crippen molar-refractivity contribution in [2.75, 3.05) is 5.32 Å². The van der Waals surface area contributed by atoms with Crippen LogP contribution in [-0.2, 0) is 7.05 Å². The molecule has 0 amide bonds. The van der Waals surface area contributed by atoms with E-state index in [0.717, 1.165) is 17.0 Å². The number of hydrogen-bond acceptors (Lipinski definition) is 4. The second-order valence-corrected chi connectivity index (χ2v) is 5.62. The molecule has 5 nitrogen and oxygen atoms in total. The van der Waals surface area contributed by atoms with Gasteiger partial charge in [-0.15, -0.1) is 0 Å². The number of halogens is 1. The summed E-state index contributed by atoms with van der Waals surface area (Å²) in [5.74, 6) is 1.01. The first-order chi connectivity index (χ1) is 11.0. The van der Waals surface area contributed by atoms with Crippen LogP contribution in [0.15, 0.2) is 42.9 Å². The van der Waals surface area contributed by atoms with E-state index in [1.165, 1.54) is 12.1 Å². The molecule has 2 heterocycles. The highest BCUT2D eigenvalue weighted by Gasteiger charge is 2.15. The summed E-state index contributed by atoms with van der Waals surface area (Å²) in [4.78, 5) is 13.4. The zero-order valence-electron chi connectivity index (χ0n) is 13.3. The largest absolute Gasteiger partial charge is 0.352 e. The van der Waals surface area contributed by atoms with Crippen molar-refractivity contribution in [1.29, 1.82) is 0 Å². The summed E-state index contributed by atoms with van der Waals surface area (Å²) >= 11 is 0. The highest BCUT2D eigenvalue weighted by Crippen LogP contribution is 2.29. The quantitative estimate of drug-likeness (QED) is 0.801. The zero-order chi connectivity index (χ0) is 16.4. The number of anilines is 1. The number of benzene rings is 1.